The smallest absolute Gasteiger partial charge is 0.145 e. The lowest BCUT2D eigenvalue weighted by Gasteiger charge is -2.10. The molecule has 0 atom stereocenters. The molecular formula is C14H13ClFNO. The third kappa shape index (κ3) is 2.74. The molecule has 0 heterocycles. The van der Waals surface area contributed by atoms with Crippen LogP contribution < -0.4 is 10.5 Å². The largest absolute Gasteiger partial charge is 0.489 e. The highest BCUT2D eigenvalue weighted by Crippen LogP contribution is 2.22. The zero-order valence-electron chi connectivity index (χ0n) is 9.91. The van der Waals surface area contributed by atoms with Crippen molar-refractivity contribution in [2.24, 2.45) is 0 Å². The van der Waals surface area contributed by atoms with Crippen LogP contribution in [0.5, 0.6) is 5.75 Å². The molecule has 0 saturated carbocycles. The van der Waals surface area contributed by atoms with Crippen molar-refractivity contribution in [1.82, 2.24) is 0 Å². The molecule has 0 fully saturated rings. The van der Waals surface area contributed by atoms with Gasteiger partial charge in [-0.2, -0.15) is 0 Å². The molecule has 2 rings (SSSR count). The maximum Gasteiger partial charge on any atom is 0.145 e. The summed E-state index contributed by atoms with van der Waals surface area (Å²) in [5.74, 6) is -0.0443. The van der Waals surface area contributed by atoms with E-state index in [1.807, 2.05) is 25.1 Å². The number of nitrogens with two attached hydrogens (primary N) is 1. The summed E-state index contributed by atoms with van der Waals surface area (Å²) in [6.07, 6.45) is 0. The van der Waals surface area contributed by atoms with Crippen molar-refractivity contribution in [3.63, 3.8) is 0 Å². The maximum absolute atomic E-state index is 13.2. The van der Waals surface area contributed by atoms with Gasteiger partial charge in [0.25, 0.3) is 0 Å². The van der Waals surface area contributed by atoms with E-state index in [9.17, 15) is 4.39 Å². The minimum atomic E-state index is -0.488. The Kier molecular flexibility index (Phi) is 3.72. The fraction of sp³-hybridized carbons (Fsp3) is 0.143. The van der Waals surface area contributed by atoms with Gasteiger partial charge in [0.05, 0.1) is 5.02 Å². The maximum atomic E-state index is 13.2. The molecule has 2 aromatic rings. The van der Waals surface area contributed by atoms with Crippen molar-refractivity contribution >= 4 is 17.3 Å². The molecule has 4 heteroatoms. The number of hydrogen-bond donors (Lipinski definition) is 1. The van der Waals surface area contributed by atoms with E-state index >= 15 is 0 Å². The number of halogens is 2. The van der Waals surface area contributed by atoms with Crippen molar-refractivity contribution in [3.05, 3.63) is 58.4 Å². The summed E-state index contributed by atoms with van der Waals surface area (Å²) in [4.78, 5) is 0. The molecule has 2 aromatic carbocycles. The van der Waals surface area contributed by atoms with Gasteiger partial charge in [-0.15, -0.1) is 0 Å². The third-order valence-electron chi connectivity index (χ3n) is 2.77. The Hall–Kier alpha value is -1.74. The van der Waals surface area contributed by atoms with E-state index in [1.54, 1.807) is 6.07 Å². The molecule has 0 bridgehead atoms. The van der Waals surface area contributed by atoms with Gasteiger partial charge >= 0.3 is 0 Å². The molecule has 18 heavy (non-hydrogen) atoms. The second kappa shape index (κ2) is 5.27. The van der Waals surface area contributed by atoms with Crippen LogP contribution in [-0.4, -0.2) is 0 Å². The Morgan fingerprint density at radius 3 is 2.78 bits per heavy atom. The first-order valence-corrected chi connectivity index (χ1v) is 5.87. The van der Waals surface area contributed by atoms with Crippen LogP contribution in [0, 0.1) is 12.7 Å². The van der Waals surface area contributed by atoms with E-state index in [2.05, 4.69) is 0 Å². The monoisotopic (exact) mass is 265 g/mol. The molecule has 0 amide bonds. The lowest BCUT2D eigenvalue weighted by atomic mass is 10.1. The summed E-state index contributed by atoms with van der Waals surface area (Å²) in [5, 5.41) is 0.0856. The van der Waals surface area contributed by atoms with E-state index in [4.69, 9.17) is 22.1 Å². The number of nitrogen functional groups attached to an aromatic ring is 1. The van der Waals surface area contributed by atoms with E-state index < -0.39 is 5.82 Å². The zero-order chi connectivity index (χ0) is 13.1. The predicted molar refractivity (Wildman–Crippen MR) is 71.3 cm³/mol. The van der Waals surface area contributed by atoms with Gasteiger partial charge in [0.15, 0.2) is 0 Å². The molecule has 0 aromatic heterocycles. The van der Waals surface area contributed by atoms with E-state index in [0.717, 1.165) is 16.8 Å². The molecule has 2 N–H and O–H groups in total. The van der Waals surface area contributed by atoms with Crippen molar-refractivity contribution in [2.75, 3.05) is 5.73 Å². The minimum absolute atomic E-state index is 0.0856. The van der Waals surface area contributed by atoms with E-state index in [-0.39, 0.29) is 5.02 Å². The average Bonchev–Trinajstić information content (AvgIpc) is 2.35. The molecule has 0 spiro atoms. The summed E-state index contributed by atoms with van der Waals surface area (Å²) in [6, 6.07) is 10.00. The number of benzene rings is 2. The highest BCUT2D eigenvalue weighted by molar-refractivity contribution is 6.30. The van der Waals surface area contributed by atoms with Crippen molar-refractivity contribution in [1.29, 1.82) is 0 Å². The van der Waals surface area contributed by atoms with Crippen LogP contribution in [0.2, 0.25) is 5.02 Å². The standard InChI is InChI=1S/C14H13ClFNO/c1-9-10(3-2-4-14(9)17)8-18-11-5-6-12(15)13(16)7-11/h2-7H,8,17H2,1H3. The molecule has 0 aliphatic carbocycles. The van der Waals surface area contributed by atoms with Crippen LogP contribution in [0.3, 0.4) is 0 Å². The number of anilines is 1. The summed E-state index contributed by atoms with van der Waals surface area (Å²) in [5.41, 5.74) is 8.48. The van der Waals surface area contributed by atoms with Crippen LogP contribution in [0.1, 0.15) is 11.1 Å². The molecule has 0 saturated heterocycles. The number of ether oxygens (including phenoxy) is 1. The van der Waals surface area contributed by atoms with Crippen molar-refractivity contribution in [3.8, 4) is 5.75 Å². The fourth-order valence-corrected chi connectivity index (χ4v) is 1.70. The second-order valence-electron chi connectivity index (χ2n) is 4.00. The van der Waals surface area contributed by atoms with Crippen molar-refractivity contribution < 1.29 is 9.13 Å². The molecule has 2 nitrogen and oxygen atoms in total. The molecule has 0 aliphatic heterocycles. The first kappa shape index (κ1) is 12.7. The zero-order valence-corrected chi connectivity index (χ0v) is 10.7. The quantitative estimate of drug-likeness (QED) is 0.853. The van der Waals surface area contributed by atoms with Gasteiger partial charge in [0.1, 0.15) is 18.2 Å². The Morgan fingerprint density at radius 2 is 2.06 bits per heavy atom. The van der Waals surface area contributed by atoms with Gasteiger partial charge in [-0.05, 0) is 36.2 Å². The first-order valence-electron chi connectivity index (χ1n) is 5.50. The molecule has 0 unspecified atom stereocenters. The van der Waals surface area contributed by atoms with E-state index in [0.29, 0.717) is 12.4 Å². The Balaban J connectivity index is 2.11. The molecule has 0 radical (unpaired) electrons. The van der Waals surface area contributed by atoms with Gasteiger partial charge in [-0.1, -0.05) is 23.7 Å². The van der Waals surface area contributed by atoms with Crippen LogP contribution in [-0.2, 0) is 6.61 Å². The number of hydrogen-bond acceptors (Lipinski definition) is 2. The van der Waals surface area contributed by atoms with E-state index in [1.165, 1.54) is 12.1 Å². The Labute approximate surface area is 110 Å². The average molecular weight is 266 g/mol. The summed E-state index contributed by atoms with van der Waals surface area (Å²) in [7, 11) is 0. The van der Waals surface area contributed by atoms with Gasteiger partial charge < -0.3 is 10.5 Å². The molecule has 94 valence electrons. The lowest BCUT2D eigenvalue weighted by molar-refractivity contribution is 0.304. The fourth-order valence-electron chi connectivity index (χ4n) is 1.59. The van der Waals surface area contributed by atoms with Gasteiger partial charge in [0.2, 0.25) is 0 Å². The normalized spacial score (nSPS) is 10.4. The number of rotatable bonds is 3. The Bertz CT molecular complexity index is 572. The van der Waals surface area contributed by atoms with Crippen LogP contribution >= 0.6 is 11.6 Å². The van der Waals surface area contributed by atoms with Crippen LogP contribution in [0.15, 0.2) is 36.4 Å². The topological polar surface area (TPSA) is 35.2 Å². The summed E-state index contributed by atoms with van der Waals surface area (Å²) in [6.45, 7) is 2.27. The van der Waals surface area contributed by atoms with Gasteiger partial charge in [0, 0.05) is 11.8 Å². The highest BCUT2D eigenvalue weighted by atomic mass is 35.5. The lowest BCUT2D eigenvalue weighted by Crippen LogP contribution is -2.00. The molecular weight excluding hydrogens is 253 g/mol. The first-order chi connectivity index (χ1) is 8.58. The predicted octanol–water partition coefficient (Wildman–Crippen LogP) is 3.95. The van der Waals surface area contributed by atoms with Crippen molar-refractivity contribution in [2.45, 2.75) is 13.5 Å². The molecule has 0 aliphatic rings. The van der Waals surface area contributed by atoms with Gasteiger partial charge in [-0.25, -0.2) is 4.39 Å². The second-order valence-corrected chi connectivity index (χ2v) is 4.40. The van der Waals surface area contributed by atoms with Crippen LogP contribution in [0.25, 0.3) is 0 Å². The minimum Gasteiger partial charge on any atom is -0.489 e. The Morgan fingerprint density at radius 1 is 1.28 bits per heavy atom. The van der Waals surface area contributed by atoms with Crippen LogP contribution in [0.4, 0.5) is 10.1 Å². The summed E-state index contributed by atoms with van der Waals surface area (Å²) < 4.78 is 18.7. The van der Waals surface area contributed by atoms with Gasteiger partial charge in [-0.3, -0.25) is 0 Å². The highest BCUT2D eigenvalue weighted by Gasteiger charge is 2.04. The summed E-state index contributed by atoms with van der Waals surface area (Å²) >= 11 is 5.60. The SMILES string of the molecule is Cc1c(N)cccc1COc1ccc(Cl)c(F)c1. The third-order valence-corrected chi connectivity index (χ3v) is 3.08.